The van der Waals surface area contributed by atoms with E-state index in [2.05, 4.69) is 10.5 Å². The van der Waals surface area contributed by atoms with Crippen molar-refractivity contribution < 1.29 is 28.5 Å². The molecule has 0 heterocycles. The third kappa shape index (κ3) is 4.81. The molecule has 0 aliphatic heterocycles. The fraction of sp³-hybridized carbons (Fsp3) is 0.263. The van der Waals surface area contributed by atoms with Gasteiger partial charge in [0.2, 0.25) is 5.75 Å². The van der Waals surface area contributed by atoms with Crippen molar-refractivity contribution in [1.82, 2.24) is 5.43 Å². The van der Waals surface area contributed by atoms with Gasteiger partial charge in [-0.3, -0.25) is 4.79 Å². The van der Waals surface area contributed by atoms with Crippen LogP contribution in [0.2, 0.25) is 0 Å². The van der Waals surface area contributed by atoms with Crippen LogP contribution in [-0.2, 0) is 0 Å². The second-order valence-electron chi connectivity index (χ2n) is 5.26. The highest BCUT2D eigenvalue weighted by Crippen LogP contribution is 2.38. The Morgan fingerprint density at radius 1 is 0.815 bits per heavy atom. The average Bonchev–Trinajstić information content (AvgIpc) is 2.71. The molecule has 2 aromatic carbocycles. The SMILES string of the molecule is COc1cc(/C=N/NC(=O)c2cc(OC)c(OC)c(OC)c2)cc(OC)c1. The van der Waals surface area contributed by atoms with Crippen molar-refractivity contribution >= 4 is 12.1 Å². The quantitative estimate of drug-likeness (QED) is 0.564. The summed E-state index contributed by atoms with van der Waals surface area (Å²) in [6.07, 6.45) is 1.49. The van der Waals surface area contributed by atoms with Crippen molar-refractivity contribution in [2.24, 2.45) is 5.10 Å². The van der Waals surface area contributed by atoms with E-state index in [4.69, 9.17) is 23.7 Å². The molecule has 8 heteroatoms. The zero-order valence-electron chi connectivity index (χ0n) is 15.9. The summed E-state index contributed by atoms with van der Waals surface area (Å²) in [5, 5.41) is 3.97. The summed E-state index contributed by atoms with van der Waals surface area (Å²) in [6, 6.07) is 8.35. The second kappa shape index (κ2) is 9.33. The molecule has 1 N–H and O–H groups in total. The average molecular weight is 374 g/mol. The molecule has 0 bridgehead atoms. The monoisotopic (exact) mass is 374 g/mol. The van der Waals surface area contributed by atoms with E-state index in [0.29, 0.717) is 39.9 Å². The van der Waals surface area contributed by atoms with E-state index in [0.717, 1.165) is 0 Å². The van der Waals surface area contributed by atoms with E-state index in [1.807, 2.05) is 0 Å². The number of methoxy groups -OCH3 is 5. The number of hydrogen-bond donors (Lipinski definition) is 1. The molecule has 0 spiro atoms. The Morgan fingerprint density at radius 2 is 1.37 bits per heavy atom. The molecule has 0 atom stereocenters. The number of nitrogens with one attached hydrogen (secondary N) is 1. The van der Waals surface area contributed by atoms with Gasteiger partial charge in [-0.1, -0.05) is 0 Å². The van der Waals surface area contributed by atoms with E-state index in [1.54, 1.807) is 44.6 Å². The first-order chi connectivity index (χ1) is 13.1. The van der Waals surface area contributed by atoms with E-state index in [9.17, 15) is 4.79 Å². The van der Waals surface area contributed by atoms with Crippen LogP contribution in [0.3, 0.4) is 0 Å². The Balaban J connectivity index is 2.19. The highest BCUT2D eigenvalue weighted by Gasteiger charge is 2.16. The minimum absolute atomic E-state index is 0.310. The van der Waals surface area contributed by atoms with Gasteiger partial charge in [0, 0.05) is 17.2 Å². The van der Waals surface area contributed by atoms with Crippen LogP contribution in [0.4, 0.5) is 0 Å². The van der Waals surface area contributed by atoms with E-state index in [-0.39, 0.29) is 0 Å². The van der Waals surface area contributed by atoms with E-state index in [1.165, 1.54) is 27.5 Å². The van der Waals surface area contributed by atoms with Gasteiger partial charge in [0.25, 0.3) is 5.91 Å². The number of hydrazone groups is 1. The van der Waals surface area contributed by atoms with Crippen molar-refractivity contribution in [2.45, 2.75) is 0 Å². The number of nitrogens with zero attached hydrogens (tertiary/aromatic N) is 1. The van der Waals surface area contributed by atoms with Crippen LogP contribution in [0.15, 0.2) is 35.4 Å². The molecule has 8 nitrogen and oxygen atoms in total. The van der Waals surface area contributed by atoms with Crippen molar-refractivity contribution in [2.75, 3.05) is 35.5 Å². The van der Waals surface area contributed by atoms with Crippen LogP contribution in [0.5, 0.6) is 28.7 Å². The lowest BCUT2D eigenvalue weighted by Crippen LogP contribution is -2.18. The maximum atomic E-state index is 12.4. The van der Waals surface area contributed by atoms with Gasteiger partial charge in [-0.25, -0.2) is 5.43 Å². The predicted molar refractivity (Wildman–Crippen MR) is 101 cm³/mol. The summed E-state index contributed by atoms with van der Waals surface area (Å²) in [5.41, 5.74) is 3.47. The fourth-order valence-corrected chi connectivity index (χ4v) is 2.35. The molecule has 27 heavy (non-hydrogen) atoms. The highest BCUT2D eigenvalue weighted by molar-refractivity contribution is 5.96. The van der Waals surface area contributed by atoms with Crippen LogP contribution in [0.25, 0.3) is 0 Å². The number of amides is 1. The highest BCUT2D eigenvalue weighted by atomic mass is 16.5. The summed E-state index contributed by atoms with van der Waals surface area (Å²) in [5.74, 6) is 1.97. The normalized spacial score (nSPS) is 10.4. The minimum Gasteiger partial charge on any atom is -0.497 e. The largest absolute Gasteiger partial charge is 0.497 e. The summed E-state index contributed by atoms with van der Waals surface area (Å²) in [7, 11) is 7.57. The molecule has 1 amide bonds. The first-order valence-electron chi connectivity index (χ1n) is 7.92. The van der Waals surface area contributed by atoms with Gasteiger partial charge in [0.15, 0.2) is 11.5 Å². The predicted octanol–water partition coefficient (Wildman–Crippen LogP) is 2.49. The zero-order valence-corrected chi connectivity index (χ0v) is 15.9. The van der Waals surface area contributed by atoms with Gasteiger partial charge in [-0.2, -0.15) is 5.10 Å². The molecule has 0 aliphatic carbocycles. The van der Waals surface area contributed by atoms with Crippen LogP contribution in [0, 0.1) is 0 Å². The molecule has 0 saturated heterocycles. The topological polar surface area (TPSA) is 87.6 Å². The number of hydrogen-bond acceptors (Lipinski definition) is 7. The number of rotatable bonds is 8. The van der Waals surface area contributed by atoms with Gasteiger partial charge in [-0.05, 0) is 24.3 Å². The lowest BCUT2D eigenvalue weighted by Gasteiger charge is -2.13. The fourth-order valence-electron chi connectivity index (χ4n) is 2.35. The van der Waals surface area contributed by atoms with Crippen LogP contribution in [-0.4, -0.2) is 47.7 Å². The summed E-state index contributed by atoms with van der Waals surface area (Å²) in [4.78, 5) is 12.4. The molecule has 2 aromatic rings. The Hall–Kier alpha value is -3.42. The molecule has 0 fully saturated rings. The van der Waals surface area contributed by atoms with Gasteiger partial charge >= 0.3 is 0 Å². The smallest absolute Gasteiger partial charge is 0.271 e. The lowest BCUT2D eigenvalue weighted by atomic mass is 10.1. The van der Waals surface area contributed by atoms with Crippen molar-refractivity contribution in [1.29, 1.82) is 0 Å². The number of benzene rings is 2. The lowest BCUT2D eigenvalue weighted by molar-refractivity contribution is 0.0954. The Morgan fingerprint density at radius 3 is 1.81 bits per heavy atom. The summed E-state index contributed by atoms with van der Waals surface area (Å²) < 4.78 is 26.1. The Kier molecular flexibility index (Phi) is 6.87. The van der Waals surface area contributed by atoms with Crippen LogP contribution in [0.1, 0.15) is 15.9 Å². The first kappa shape index (κ1) is 19.9. The Labute approximate surface area is 157 Å². The van der Waals surface area contributed by atoms with Gasteiger partial charge in [-0.15, -0.1) is 0 Å². The summed E-state index contributed by atoms with van der Waals surface area (Å²) >= 11 is 0. The van der Waals surface area contributed by atoms with Crippen molar-refractivity contribution in [3.05, 3.63) is 41.5 Å². The van der Waals surface area contributed by atoms with E-state index < -0.39 is 5.91 Å². The van der Waals surface area contributed by atoms with Crippen LogP contribution >= 0.6 is 0 Å². The maximum absolute atomic E-state index is 12.4. The molecule has 0 saturated carbocycles. The molecule has 0 unspecified atom stereocenters. The Bertz CT molecular complexity index is 788. The maximum Gasteiger partial charge on any atom is 0.271 e. The van der Waals surface area contributed by atoms with Gasteiger partial charge in [0.05, 0.1) is 41.8 Å². The molecular formula is C19H22N2O6. The van der Waals surface area contributed by atoms with Gasteiger partial charge in [0.1, 0.15) is 11.5 Å². The number of carbonyl (C=O) groups excluding carboxylic acids is 1. The summed E-state index contributed by atoms with van der Waals surface area (Å²) in [6.45, 7) is 0. The molecule has 0 aliphatic rings. The molecule has 144 valence electrons. The molecule has 2 rings (SSSR count). The third-order valence-electron chi connectivity index (χ3n) is 3.68. The molecular weight excluding hydrogens is 352 g/mol. The number of ether oxygens (including phenoxy) is 5. The first-order valence-corrected chi connectivity index (χ1v) is 7.92. The van der Waals surface area contributed by atoms with Crippen LogP contribution < -0.4 is 29.1 Å². The zero-order chi connectivity index (χ0) is 19.8. The van der Waals surface area contributed by atoms with Crippen molar-refractivity contribution in [3.8, 4) is 28.7 Å². The third-order valence-corrected chi connectivity index (χ3v) is 3.68. The molecule has 0 radical (unpaired) electrons. The molecule has 0 aromatic heterocycles. The van der Waals surface area contributed by atoms with E-state index >= 15 is 0 Å². The minimum atomic E-state index is -0.430. The van der Waals surface area contributed by atoms with Gasteiger partial charge < -0.3 is 23.7 Å². The van der Waals surface area contributed by atoms with Crippen molar-refractivity contribution in [3.63, 3.8) is 0 Å². The second-order valence-corrected chi connectivity index (χ2v) is 5.26. The number of carbonyl (C=O) groups is 1. The standard InChI is InChI=1S/C19H22N2O6/c1-23-14-6-12(7-15(10-14)24-2)11-20-21-19(22)13-8-16(25-3)18(27-5)17(9-13)26-4/h6-11H,1-5H3,(H,21,22)/b20-11+.